The van der Waals surface area contributed by atoms with Crippen LogP contribution in [0.5, 0.6) is 5.75 Å². The van der Waals surface area contributed by atoms with Gasteiger partial charge in [-0.25, -0.2) is 8.42 Å². The monoisotopic (exact) mass is 384 g/mol. The predicted molar refractivity (Wildman–Crippen MR) is 86.5 cm³/mol. The number of nitrogens with two attached hydrogens (primary N) is 1. The third-order valence-electron chi connectivity index (χ3n) is 2.83. The standard InChI is InChI=1S/C14H13BrN2O4S/c1-21-13-6-5-11(8-12(13)15)22(19,20)17-10-4-2-3-9(7-10)14(16)18/h2-8,17H,1H3,(H2,16,18). The van der Waals surface area contributed by atoms with Crippen LogP contribution in [0.1, 0.15) is 10.4 Å². The van der Waals surface area contributed by atoms with Gasteiger partial charge in [-0.2, -0.15) is 0 Å². The van der Waals surface area contributed by atoms with E-state index in [0.29, 0.717) is 10.2 Å². The van der Waals surface area contributed by atoms with Crippen molar-refractivity contribution in [2.75, 3.05) is 11.8 Å². The summed E-state index contributed by atoms with van der Waals surface area (Å²) in [6.45, 7) is 0. The largest absolute Gasteiger partial charge is 0.496 e. The van der Waals surface area contributed by atoms with Gasteiger partial charge in [-0.3, -0.25) is 9.52 Å². The summed E-state index contributed by atoms with van der Waals surface area (Å²) in [7, 11) is -2.30. The average Bonchev–Trinajstić information content (AvgIpc) is 2.47. The Morgan fingerprint density at radius 3 is 2.55 bits per heavy atom. The number of ether oxygens (including phenoxy) is 1. The SMILES string of the molecule is COc1ccc(S(=O)(=O)Nc2cccc(C(N)=O)c2)cc1Br. The van der Waals surface area contributed by atoms with E-state index < -0.39 is 15.9 Å². The maximum Gasteiger partial charge on any atom is 0.261 e. The second kappa shape index (κ2) is 6.37. The van der Waals surface area contributed by atoms with E-state index in [1.54, 1.807) is 12.1 Å². The van der Waals surface area contributed by atoms with Crippen LogP contribution in [0.4, 0.5) is 5.69 Å². The zero-order valence-corrected chi connectivity index (χ0v) is 13.9. The maximum atomic E-state index is 12.3. The second-order valence-electron chi connectivity index (χ2n) is 4.35. The van der Waals surface area contributed by atoms with Crippen molar-refractivity contribution in [1.29, 1.82) is 0 Å². The number of hydrogen-bond acceptors (Lipinski definition) is 4. The number of amides is 1. The van der Waals surface area contributed by atoms with E-state index in [1.165, 1.54) is 37.4 Å². The fourth-order valence-electron chi connectivity index (χ4n) is 1.76. The van der Waals surface area contributed by atoms with Crippen molar-refractivity contribution in [3.63, 3.8) is 0 Å². The Kier molecular flexibility index (Phi) is 4.72. The highest BCUT2D eigenvalue weighted by Crippen LogP contribution is 2.28. The van der Waals surface area contributed by atoms with Gasteiger partial charge in [0.2, 0.25) is 5.91 Å². The third kappa shape index (κ3) is 3.58. The lowest BCUT2D eigenvalue weighted by molar-refractivity contribution is 0.100. The van der Waals surface area contributed by atoms with Crippen molar-refractivity contribution in [3.05, 3.63) is 52.5 Å². The van der Waals surface area contributed by atoms with Gasteiger partial charge in [0.25, 0.3) is 10.0 Å². The zero-order valence-electron chi connectivity index (χ0n) is 11.5. The summed E-state index contributed by atoms with van der Waals surface area (Å²) in [6, 6.07) is 10.3. The number of anilines is 1. The quantitative estimate of drug-likeness (QED) is 0.826. The molecule has 0 saturated carbocycles. The first kappa shape index (κ1) is 16.3. The molecule has 116 valence electrons. The summed E-state index contributed by atoms with van der Waals surface area (Å²) in [6.07, 6.45) is 0. The molecule has 8 heteroatoms. The minimum atomic E-state index is -3.79. The molecule has 0 aliphatic rings. The Hall–Kier alpha value is -2.06. The minimum Gasteiger partial charge on any atom is -0.496 e. The molecule has 0 atom stereocenters. The molecule has 2 aromatic rings. The molecule has 0 aliphatic heterocycles. The number of sulfonamides is 1. The Labute approximate surface area is 136 Å². The highest BCUT2D eigenvalue weighted by atomic mass is 79.9. The number of carbonyl (C=O) groups is 1. The Morgan fingerprint density at radius 2 is 1.95 bits per heavy atom. The van der Waals surface area contributed by atoms with Crippen LogP contribution in [0.3, 0.4) is 0 Å². The summed E-state index contributed by atoms with van der Waals surface area (Å²) in [5.74, 6) is -0.108. The molecule has 0 fully saturated rings. The van der Waals surface area contributed by atoms with Gasteiger partial charge in [0.05, 0.1) is 16.5 Å². The second-order valence-corrected chi connectivity index (χ2v) is 6.88. The average molecular weight is 385 g/mol. The van der Waals surface area contributed by atoms with Crippen molar-refractivity contribution >= 4 is 37.5 Å². The molecule has 0 spiro atoms. The van der Waals surface area contributed by atoms with Crippen LogP contribution in [0.15, 0.2) is 51.8 Å². The topological polar surface area (TPSA) is 98.5 Å². The molecule has 2 aromatic carbocycles. The van der Waals surface area contributed by atoms with Gasteiger partial charge < -0.3 is 10.5 Å². The van der Waals surface area contributed by atoms with Crippen LogP contribution in [0.25, 0.3) is 0 Å². The lowest BCUT2D eigenvalue weighted by atomic mass is 10.2. The Balaban J connectivity index is 2.33. The molecule has 2 rings (SSSR count). The van der Waals surface area contributed by atoms with Gasteiger partial charge in [0.1, 0.15) is 5.75 Å². The van der Waals surface area contributed by atoms with Crippen molar-refractivity contribution in [3.8, 4) is 5.75 Å². The normalized spacial score (nSPS) is 11.0. The number of rotatable bonds is 5. The molecule has 6 nitrogen and oxygen atoms in total. The molecule has 0 radical (unpaired) electrons. The van der Waals surface area contributed by atoms with Crippen LogP contribution in [-0.2, 0) is 10.0 Å². The van der Waals surface area contributed by atoms with Crippen LogP contribution in [0, 0.1) is 0 Å². The fourth-order valence-corrected chi connectivity index (χ4v) is 3.53. The van der Waals surface area contributed by atoms with Crippen molar-refractivity contribution in [2.24, 2.45) is 5.73 Å². The van der Waals surface area contributed by atoms with E-state index in [2.05, 4.69) is 20.7 Å². The first-order chi connectivity index (χ1) is 10.3. The number of hydrogen-bond donors (Lipinski definition) is 2. The predicted octanol–water partition coefficient (Wildman–Crippen LogP) is 2.36. The van der Waals surface area contributed by atoms with E-state index in [0.717, 1.165) is 0 Å². The van der Waals surface area contributed by atoms with E-state index in [9.17, 15) is 13.2 Å². The van der Waals surface area contributed by atoms with Gasteiger partial charge in [0.15, 0.2) is 0 Å². The van der Waals surface area contributed by atoms with E-state index in [-0.39, 0.29) is 16.1 Å². The van der Waals surface area contributed by atoms with Crippen LogP contribution in [0.2, 0.25) is 0 Å². The molecule has 0 saturated heterocycles. The Morgan fingerprint density at radius 1 is 1.23 bits per heavy atom. The first-order valence-electron chi connectivity index (χ1n) is 6.10. The van der Waals surface area contributed by atoms with E-state index in [4.69, 9.17) is 10.5 Å². The van der Waals surface area contributed by atoms with Crippen LogP contribution >= 0.6 is 15.9 Å². The summed E-state index contributed by atoms with van der Waals surface area (Å²) in [5.41, 5.74) is 5.64. The fraction of sp³-hybridized carbons (Fsp3) is 0.0714. The molecule has 1 amide bonds. The van der Waals surface area contributed by atoms with Crippen LogP contribution < -0.4 is 15.2 Å². The van der Waals surface area contributed by atoms with Gasteiger partial charge in [-0.05, 0) is 52.3 Å². The molecule has 0 aliphatic carbocycles. The molecular weight excluding hydrogens is 372 g/mol. The zero-order chi connectivity index (χ0) is 16.3. The molecule has 0 aromatic heterocycles. The van der Waals surface area contributed by atoms with Gasteiger partial charge in [-0.15, -0.1) is 0 Å². The molecule has 22 heavy (non-hydrogen) atoms. The molecular formula is C14H13BrN2O4S. The molecule has 3 N–H and O–H groups in total. The highest BCUT2D eigenvalue weighted by molar-refractivity contribution is 9.10. The van der Waals surface area contributed by atoms with Crippen molar-refractivity contribution in [1.82, 2.24) is 0 Å². The van der Waals surface area contributed by atoms with Gasteiger partial charge in [-0.1, -0.05) is 6.07 Å². The highest BCUT2D eigenvalue weighted by Gasteiger charge is 2.16. The molecule has 0 heterocycles. The third-order valence-corrected chi connectivity index (χ3v) is 4.83. The molecule has 0 bridgehead atoms. The number of nitrogens with one attached hydrogen (secondary N) is 1. The number of halogens is 1. The van der Waals surface area contributed by atoms with E-state index >= 15 is 0 Å². The van der Waals surface area contributed by atoms with Crippen molar-refractivity contribution < 1.29 is 17.9 Å². The molecule has 0 unspecified atom stereocenters. The number of carbonyl (C=O) groups excluding carboxylic acids is 1. The van der Waals surface area contributed by atoms with E-state index in [1.807, 2.05) is 0 Å². The number of primary amides is 1. The number of benzene rings is 2. The number of methoxy groups -OCH3 is 1. The lowest BCUT2D eigenvalue weighted by Gasteiger charge is -2.10. The Bertz CT molecular complexity index is 821. The van der Waals surface area contributed by atoms with Crippen molar-refractivity contribution in [2.45, 2.75) is 4.90 Å². The lowest BCUT2D eigenvalue weighted by Crippen LogP contribution is -2.15. The first-order valence-corrected chi connectivity index (χ1v) is 8.37. The smallest absolute Gasteiger partial charge is 0.261 e. The van der Waals surface area contributed by atoms with Crippen LogP contribution in [-0.4, -0.2) is 21.4 Å². The van der Waals surface area contributed by atoms with Gasteiger partial charge >= 0.3 is 0 Å². The summed E-state index contributed by atoms with van der Waals surface area (Å²) in [5, 5.41) is 0. The summed E-state index contributed by atoms with van der Waals surface area (Å²) < 4.78 is 32.7. The van der Waals surface area contributed by atoms with Gasteiger partial charge in [0, 0.05) is 11.3 Å². The summed E-state index contributed by atoms with van der Waals surface area (Å²) in [4.78, 5) is 11.2. The summed E-state index contributed by atoms with van der Waals surface area (Å²) >= 11 is 3.24. The maximum absolute atomic E-state index is 12.3. The minimum absolute atomic E-state index is 0.0599.